The van der Waals surface area contributed by atoms with Crippen LogP contribution in [0.3, 0.4) is 0 Å². The highest BCUT2D eigenvalue weighted by Crippen LogP contribution is 2.28. The molecule has 0 aliphatic carbocycles. The lowest BCUT2D eigenvalue weighted by Crippen LogP contribution is -2.44. The molecular weight excluding hydrogens is 284 g/mol. The second kappa shape index (κ2) is 6.46. The predicted molar refractivity (Wildman–Crippen MR) is 85.7 cm³/mol. The van der Waals surface area contributed by atoms with E-state index in [0.29, 0.717) is 23.9 Å². The molecule has 2 unspecified atom stereocenters. The van der Waals surface area contributed by atoms with E-state index < -0.39 is 10.0 Å². The molecule has 5 heteroatoms. The minimum absolute atomic E-state index is 0.0836. The Kier molecular flexibility index (Phi) is 5.07. The number of piperidine rings is 1. The molecule has 0 saturated carbocycles. The average Bonchev–Trinajstić information content (AvgIpc) is 2.44. The van der Waals surface area contributed by atoms with Crippen LogP contribution in [0.5, 0.6) is 0 Å². The van der Waals surface area contributed by atoms with Crippen molar-refractivity contribution in [3.63, 3.8) is 0 Å². The fraction of sp³-hybridized carbons (Fsp3) is 0.625. The molecule has 1 aliphatic heterocycles. The average molecular weight is 310 g/mol. The molecule has 1 aromatic carbocycles. The molecule has 1 aromatic rings. The molecule has 1 aliphatic rings. The molecule has 0 spiro atoms. The van der Waals surface area contributed by atoms with Crippen LogP contribution in [0.2, 0.25) is 0 Å². The van der Waals surface area contributed by atoms with E-state index in [2.05, 4.69) is 12.2 Å². The molecule has 0 radical (unpaired) electrons. The zero-order chi connectivity index (χ0) is 15.6. The summed E-state index contributed by atoms with van der Waals surface area (Å²) in [7, 11) is -1.53. The summed E-state index contributed by atoms with van der Waals surface area (Å²) in [6, 6.07) is 5.53. The molecule has 0 bridgehead atoms. The molecule has 4 nitrogen and oxygen atoms in total. The van der Waals surface area contributed by atoms with E-state index in [-0.39, 0.29) is 6.04 Å². The summed E-state index contributed by atoms with van der Waals surface area (Å²) in [6.07, 6.45) is 2.04. The van der Waals surface area contributed by atoms with E-state index in [0.717, 1.165) is 24.0 Å². The fourth-order valence-electron chi connectivity index (χ4n) is 2.91. The lowest BCUT2D eigenvalue weighted by Gasteiger charge is -2.35. The van der Waals surface area contributed by atoms with Gasteiger partial charge in [-0.05, 0) is 62.9 Å². The first kappa shape index (κ1) is 16.5. The number of hydrogen-bond donors (Lipinski definition) is 1. The van der Waals surface area contributed by atoms with Gasteiger partial charge in [0.25, 0.3) is 0 Å². The highest BCUT2D eigenvalue weighted by molar-refractivity contribution is 7.89. The number of hydrogen-bond acceptors (Lipinski definition) is 3. The Bertz CT molecular complexity index is 598. The SMILES string of the molecule is CNCc1cc(S(=O)(=O)N2CC(C)CCC2C)ccc1C. The largest absolute Gasteiger partial charge is 0.316 e. The maximum atomic E-state index is 12.9. The van der Waals surface area contributed by atoms with Crippen LogP contribution in [0, 0.1) is 12.8 Å². The Hall–Kier alpha value is -0.910. The minimum Gasteiger partial charge on any atom is -0.316 e. The summed E-state index contributed by atoms with van der Waals surface area (Å²) in [5.41, 5.74) is 2.15. The third-order valence-corrected chi connectivity index (χ3v) is 6.33. The van der Waals surface area contributed by atoms with Crippen LogP contribution in [0.15, 0.2) is 23.1 Å². The van der Waals surface area contributed by atoms with Crippen LogP contribution in [0.1, 0.15) is 37.8 Å². The Labute approximate surface area is 128 Å². The van der Waals surface area contributed by atoms with Crippen molar-refractivity contribution in [2.45, 2.75) is 51.1 Å². The van der Waals surface area contributed by atoms with Gasteiger partial charge in [0, 0.05) is 19.1 Å². The molecule has 1 heterocycles. The van der Waals surface area contributed by atoms with Crippen LogP contribution >= 0.6 is 0 Å². The molecule has 1 N–H and O–H groups in total. The molecule has 0 amide bonds. The molecule has 118 valence electrons. The summed E-state index contributed by atoms with van der Waals surface area (Å²) in [6.45, 7) is 7.44. The highest BCUT2D eigenvalue weighted by atomic mass is 32.2. The first-order valence-corrected chi connectivity index (χ1v) is 9.06. The van der Waals surface area contributed by atoms with Gasteiger partial charge >= 0.3 is 0 Å². The first-order valence-electron chi connectivity index (χ1n) is 7.62. The van der Waals surface area contributed by atoms with Gasteiger partial charge in [-0.25, -0.2) is 8.42 Å². The van der Waals surface area contributed by atoms with Crippen LogP contribution in [-0.4, -0.2) is 32.4 Å². The number of sulfonamides is 1. The van der Waals surface area contributed by atoms with Crippen LogP contribution < -0.4 is 5.32 Å². The van der Waals surface area contributed by atoms with Crippen LogP contribution in [0.25, 0.3) is 0 Å². The topological polar surface area (TPSA) is 49.4 Å². The van der Waals surface area contributed by atoms with Crippen molar-refractivity contribution in [2.75, 3.05) is 13.6 Å². The standard InChI is InChI=1S/C16H26N2O2S/c1-12-5-7-14(3)18(11-12)21(19,20)16-8-6-13(2)15(9-16)10-17-4/h6,8-9,12,14,17H,5,7,10-11H2,1-4H3. The Morgan fingerprint density at radius 3 is 2.67 bits per heavy atom. The van der Waals surface area contributed by atoms with E-state index in [9.17, 15) is 8.42 Å². The van der Waals surface area contributed by atoms with Gasteiger partial charge in [-0.2, -0.15) is 4.31 Å². The summed E-state index contributed by atoms with van der Waals surface area (Å²) >= 11 is 0. The number of aryl methyl sites for hydroxylation is 1. The number of rotatable bonds is 4. The van der Waals surface area contributed by atoms with Crippen molar-refractivity contribution in [1.29, 1.82) is 0 Å². The normalized spacial score (nSPS) is 24.2. The third kappa shape index (κ3) is 3.47. The van der Waals surface area contributed by atoms with Crippen molar-refractivity contribution in [2.24, 2.45) is 5.92 Å². The van der Waals surface area contributed by atoms with E-state index in [1.807, 2.05) is 33.0 Å². The van der Waals surface area contributed by atoms with Gasteiger partial charge in [0.1, 0.15) is 0 Å². The minimum atomic E-state index is -3.40. The van der Waals surface area contributed by atoms with Gasteiger partial charge in [-0.15, -0.1) is 0 Å². The quantitative estimate of drug-likeness (QED) is 0.929. The molecule has 2 rings (SSSR count). The maximum absolute atomic E-state index is 12.9. The third-order valence-electron chi connectivity index (χ3n) is 4.35. The van der Waals surface area contributed by atoms with Crippen molar-refractivity contribution in [3.8, 4) is 0 Å². The van der Waals surface area contributed by atoms with Gasteiger partial charge in [-0.3, -0.25) is 0 Å². The van der Waals surface area contributed by atoms with E-state index in [1.165, 1.54) is 0 Å². The van der Waals surface area contributed by atoms with E-state index in [4.69, 9.17) is 0 Å². The summed E-state index contributed by atoms with van der Waals surface area (Å²) in [5.74, 6) is 0.429. The molecule has 0 aromatic heterocycles. The predicted octanol–water partition coefficient (Wildman–Crippen LogP) is 2.52. The first-order chi connectivity index (χ1) is 9.86. The fourth-order valence-corrected chi connectivity index (χ4v) is 4.74. The molecule has 1 fully saturated rings. The van der Waals surface area contributed by atoms with Gasteiger partial charge in [0.2, 0.25) is 10.0 Å². The monoisotopic (exact) mass is 310 g/mol. The van der Waals surface area contributed by atoms with Crippen molar-refractivity contribution in [3.05, 3.63) is 29.3 Å². The molecule has 1 saturated heterocycles. The Morgan fingerprint density at radius 1 is 1.29 bits per heavy atom. The second-order valence-corrected chi connectivity index (χ2v) is 8.12. The second-order valence-electron chi connectivity index (χ2n) is 6.22. The van der Waals surface area contributed by atoms with Crippen LogP contribution in [-0.2, 0) is 16.6 Å². The van der Waals surface area contributed by atoms with E-state index >= 15 is 0 Å². The van der Waals surface area contributed by atoms with Crippen molar-refractivity contribution in [1.82, 2.24) is 9.62 Å². The molecule has 2 atom stereocenters. The van der Waals surface area contributed by atoms with Gasteiger partial charge < -0.3 is 5.32 Å². The smallest absolute Gasteiger partial charge is 0.243 e. The lowest BCUT2D eigenvalue weighted by atomic mass is 9.97. The number of benzene rings is 1. The van der Waals surface area contributed by atoms with Crippen LogP contribution in [0.4, 0.5) is 0 Å². The molecule has 21 heavy (non-hydrogen) atoms. The Morgan fingerprint density at radius 2 is 2.00 bits per heavy atom. The van der Waals surface area contributed by atoms with Gasteiger partial charge in [0.05, 0.1) is 4.90 Å². The number of nitrogens with one attached hydrogen (secondary N) is 1. The zero-order valence-electron chi connectivity index (χ0n) is 13.4. The summed E-state index contributed by atoms with van der Waals surface area (Å²) in [5, 5.41) is 3.09. The van der Waals surface area contributed by atoms with Gasteiger partial charge in [-0.1, -0.05) is 13.0 Å². The summed E-state index contributed by atoms with van der Waals surface area (Å²) in [4.78, 5) is 0.416. The van der Waals surface area contributed by atoms with Crippen molar-refractivity contribution >= 4 is 10.0 Å². The lowest BCUT2D eigenvalue weighted by molar-refractivity contribution is 0.218. The molecular formula is C16H26N2O2S. The van der Waals surface area contributed by atoms with E-state index in [1.54, 1.807) is 10.4 Å². The maximum Gasteiger partial charge on any atom is 0.243 e. The number of nitrogens with zero attached hydrogens (tertiary/aromatic N) is 1. The summed E-state index contributed by atoms with van der Waals surface area (Å²) < 4.78 is 27.5. The zero-order valence-corrected chi connectivity index (χ0v) is 14.2. The van der Waals surface area contributed by atoms with Crippen molar-refractivity contribution < 1.29 is 8.42 Å². The van der Waals surface area contributed by atoms with Gasteiger partial charge in [0.15, 0.2) is 0 Å². The Balaban J connectivity index is 2.36. The highest BCUT2D eigenvalue weighted by Gasteiger charge is 2.33.